The third kappa shape index (κ3) is 6.77. The summed E-state index contributed by atoms with van der Waals surface area (Å²) < 4.78 is 36.8. The van der Waals surface area contributed by atoms with Gasteiger partial charge in [0, 0.05) is 11.8 Å². The highest BCUT2D eigenvalue weighted by atomic mass is 31.2. The van der Waals surface area contributed by atoms with Gasteiger partial charge in [-0.3, -0.25) is 23.7 Å². The highest BCUT2D eigenvalue weighted by Gasteiger charge is 2.34. The number of ether oxygens (including phenoxy) is 2. The van der Waals surface area contributed by atoms with E-state index in [0.717, 1.165) is 0 Å². The maximum atomic E-state index is 13.5. The monoisotopic (exact) mass is 493 g/mol. The van der Waals surface area contributed by atoms with Crippen molar-refractivity contribution in [1.82, 2.24) is 14.6 Å². The molecule has 2 aromatic rings. The number of H-pyrrole nitrogens is 1. The van der Waals surface area contributed by atoms with Gasteiger partial charge in [0.25, 0.3) is 5.56 Å². The van der Waals surface area contributed by atoms with Gasteiger partial charge in [0.15, 0.2) is 6.23 Å². The van der Waals surface area contributed by atoms with Crippen molar-refractivity contribution in [3.8, 4) is 5.75 Å². The molecule has 0 radical (unpaired) electrons. The van der Waals surface area contributed by atoms with Crippen molar-refractivity contribution in [1.29, 1.82) is 0 Å². The first-order valence-corrected chi connectivity index (χ1v) is 12.2. The molecule has 0 aliphatic carbocycles. The number of carbonyl (C=O) groups excluding carboxylic acids is 1. The Morgan fingerprint density at radius 2 is 1.91 bits per heavy atom. The number of carbonyl (C=O) groups is 1. The summed E-state index contributed by atoms with van der Waals surface area (Å²) in [5.74, 6) is -0.334. The van der Waals surface area contributed by atoms with Crippen molar-refractivity contribution in [2.75, 3.05) is 6.61 Å². The minimum Gasteiger partial charge on any atom is -0.462 e. The average Bonchev–Trinajstić information content (AvgIpc) is 3.24. The quantitative estimate of drug-likeness (QED) is 0.290. The number of nitrogens with zero attached hydrogens (tertiary/aromatic N) is 1. The van der Waals surface area contributed by atoms with E-state index in [-0.39, 0.29) is 18.5 Å². The smallest absolute Gasteiger partial charge is 0.459 e. The number of hydrogen-bond acceptors (Lipinski definition) is 8. The van der Waals surface area contributed by atoms with Crippen molar-refractivity contribution in [2.24, 2.45) is 0 Å². The lowest BCUT2D eigenvalue weighted by molar-refractivity contribution is -0.149. The molecule has 11 nitrogen and oxygen atoms in total. The number of hydrogen-bond donors (Lipinski definition) is 2. The second-order valence-electron chi connectivity index (χ2n) is 7.96. The summed E-state index contributed by atoms with van der Waals surface area (Å²) in [5, 5.41) is 2.60. The molecule has 34 heavy (non-hydrogen) atoms. The standard InChI is InChI=1S/C22H28N3O8P/c1-14(2)31-21(27)16(4)24-34(29,33-17-8-6-5-7-9-17)30-13-18-10-11-19(32-18)25-12-15(3)20(26)23-22(25)28/h5-12,14,16,18-19H,13H2,1-4H3,(H,24,29)(H,23,26,28)/t16-,18?,19?,34?/m0/s1. The number of aryl methyl sites for hydroxylation is 1. The van der Waals surface area contributed by atoms with E-state index < -0.39 is 43.3 Å². The largest absolute Gasteiger partial charge is 0.462 e. The number of aromatic amines is 1. The van der Waals surface area contributed by atoms with E-state index in [1.165, 1.54) is 17.7 Å². The van der Waals surface area contributed by atoms with E-state index in [1.54, 1.807) is 63.3 Å². The SMILES string of the molecule is Cc1cn(C2C=CC(COP(=O)(N[C@@H](C)C(=O)OC(C)C)Oc3ccccc3)O2)c(=O)[nH]c1=O. The number of benzene rings is 1. The Balaban J connectivity index is 1.69. The van der Waals surface area contributed by atoms with E-state index in [1.807, 2.05) is 0 Å². The molecule has 1 aliphatic heterocycles. The van der Waals surface area contributed by atoms with Gasteiger partial charge in [-0.2, -0.15) is 5.09 Å². The van der Waals surface area contributed by atoms with Gasteiger partial charge >= 0.3 is 19.4 Å². The van der Waals surface area contributed by atoms with Gasteiger partial charge in [-0.15, -0.1) is 0 Å². The summed E-state index contributed by atoms with van der Waals surface area (Å²) in [6.07, 6.45) is 2.86. The molecule has 1 aromatic carbocycles. The first kappa shape index (κ1) is 25.6. The highest BCUT2D eigenvalue weighted by molar-refractivity contribution is 7.52. The lowest BCUT2D eigenvalue weighted by atomic mass is 10.3. The van der Waals surface area contributed by atoms with E-state index in [4.69, 9.17) is 18.5 Å². The summed E-state index contributed by atoms with van der Waals surface area (Å²) in [4.78, 5) is 38.1. The molecule has 1 aromatic heterocycles. The Bertz CT molecular complexity index is 1190. The van der Waals surface area contributed by atoms with E-state index in [9.17, 15) is 18.9 Å². The normalized spacial score (nSPS) is 20.1. The van der Waals surface area contributed by atoms with Crippen LogP contribution in [-0.2, 0) is 23.4 Å². The maximum absolute atomic E-state index is 13.5. The first-order chi connectivity index (χ1) is 16.1. The van der Waals surface area contributed by atoms with Gasteiger partial charge < -0.3 is 14.0 Å². The van der Waals surface area contributed by atoms with Crippen LogP contribution in [0.25, 0.3) is 0 Å². The van der Waals surface area contributed by atoms with Gasteiger partial charge in [-0.1, -0.05) is 24.3 Å². The third-order valence-electron chi connectivity index (χ3n) is 4.66. The van der Waals surface area contributed by atoms with Gasteiger partial charge in [-0.05, 0) is 45.9 Å². The summed E-state index contributed by atoms with van der Waals surface area (Å²) in [6.45, 7) is 6.27. The predicted octanol–water partition coefficient (Wildman–Crippen LogP) is 2.43. The molecule has 0 amide bonds. The zero-order valence-corrected chi connectivity index (χ0v) is 20.2. The van der Waals surface area contributed by atoms with Crippen molar-refractivity contribution in [2.45, 2.75) is 52.2 Å². The van der Waals surface area contributed by atoms with E-state index in [0.29, 0.717) is 5.56 Å². The van der Waals surface area contributed by atoms with Gasteiger partial charge in [0.05, 0.1) is 12.7 Å². The summed E-state index contributed by atoms with van der Waals surface area (Å²) >= 11 is 0. The number of aromatic nitrogens is 2. The molecule has 3 rings (SSSR count). The molecule has 0 spiro atoms. The first-order valence-electron chi connectivity index (χ1n) is 10.7. The molecule has 3 unspecified atom stereocenters. The van der Waals surface area contributed by atoms with Crippen LogP contribution in [0.1, 0.15) is 32.6 Å². The summed E-state index contributed by atoms with van der Waals surface area (Å²) in [5.41, 5.74) is -0.745. The van der Waals surface area contributed by atoms with Crippen LogP contribution in [0.4, 0.5) is 0 Å². The lowest BCUT2D eigenvalue weighted by Gasteiger charge is -2.24. The topological polar surface area (TPSA) is 138 Å². The Kier molecular flexibility index (Phi) is 8.27. The zero-order chi connectivity index (χ0) is 24.9. The number of nitrogens with one attached hydrogen (secondary N) is 2. The maximum Gasteiger partial charge on any atom is 0.459 e. The molecule has 0 fully saturated rings. The Morgan fingerprint density at radius 3 is 2.59 bits per heavy atom. The van der Waals surface area contributed by atoms with Crippen LogP contribution in [0, 0.1) is 6.92 Å². The van der Waals surface area contributed by atoms with Crippen molar-refractivity contribution in [3.05, 3.63) is 75.1 Å². The molecule has 4 atom stereocenters. The van der Waals surface area contributed by atoms with E-state index in [2.05, 4.69) is 10.1 Å². The van der Waals surface area contributed by atoms with Crippen LogP contribution < -0.4 is 20.9 Å². The van der Waals surface area contributed by atoms with Crippen molar-refractivity contribution in [3.63, 3.8) is 0 Å². The molecule has 1 aliphatic rings. The third-order valence-corrected chi connectivity index (χ3v) is 6.30. The van der Waals surface area contributed by atoms with E-state index >= 15 is 0 Å². The van der Waals surface area contributed by atoms with Gasteiger partial charge in [0.1, 0.15) is 17.9 Å². The Hall–Kier alpha value is -2.98. The van der Waals surface area contributed by atoms with Gasteiger partial charge in [0.2, 0.25) is 0 Å². The molecule has 2 N–H and O–H groups in total. The Morgan fingerprint density at radius 1 is 1.21 bits per heavy atom. The van der Waals surface area contributed by atoms with Crippen LogP contribution in [0.2, 0.25) is 0 Å². The average molecular weight is 493 g/mol. The van der Waals surface area contributed by atoms with Crippen LogP contribution >= 0.6 is 7.75 Å². The minimum atomic E-state index is -4.04. The molecular weight excluding hydrogens is 465 g/mol. The fourth-order valence-electron chi connectivity index (χ4n) is 3.02. The molecule has 2 heterocycles. The molecular formula is C22H28N3O8P. The van der Waals surface area contributed by atoms with Crippen molar-refractivity contribution < 1.29 is 27.9 Å². The van der Waals surface area contributed by atoms with Gasteiger partial charge in [-0.25, -0.2) is 9.36 Å². The second-order valence-corrected chi connectivity index (χ2v) is 9.66. The molecule has 0 saturated heterocycles. The van der Waals surface area contributed by atoms with Crippen molar-refractivity contribution >= 4 is 13.7 Å². The lowest BCUT2D eigenvalue weighted by Crippen LogP contribution is -2.37. The minimum absolute atomic E-state index is 0.201. The van der Waals surface area contributed by atoms with Crippen LogP contribution in [-0.4, -0.2) is 40.4 Å². The Labute approximate surface area is 196 Å². The molecule has 184 valence electrons. The van der Waals surface area contributed by atoms with Crippen LogP contribution in [0.5, 0.6) is 5.75 Å². The molecule has 0 saturated carbocycles. The zero-order valence-electron chi connectivity index (χ0n) is 19.3. The fourth-order valence-corrected chi connectivity index (χ4v) is 4.53. The summed E-state index contributed by atoms with van der Waals surface area (Å²) in [7, 11) is -4.04. The molecule has 12 heteroatoms. The molecule has 0 bridgehead atoms. The number of para-hydroxylation sites is 1. The highest BCUT2D eigenvalue weighted by Crippen LogP contribution is 2.45. The predicted molar refractivity (Wildman–Crippen MR) is 124 cm³/mol. The fraction of sp³-hybridized carbons (Fsp3) is 0.409. The number of rotatable bonds is 10. The number of esters is 1. The van der Waals surface area contributed by atoms with Crippen LogP contribution in [0.3, 0.4) is 0 Å². The second kappa shape index (κ2) is 11.0. The van der Waals surface area contributed by atoms with Crippen LogP contribution in [0.15, 0.2) is 58.3 Å². The summed E-state index contributed by atoms with van der Waals surface area (Å²) in [6, 6.07) is 7.39.